The summed E-state index contributed by atoms with van der Waals surface area (Å²) in [5, 5.41) is 9.88. The van der Waals surface area contributed by atoms with E-state index in [9.17, 15) is 14.4 Å². The van der Waals surface area contributed by atoms with Crippen molar-refractivity contribution in [3.05, 3.63) is 82.1 Å². The third-order valence-corrected chi connectivity index (χ3v) is 4.55. The highest BCUT2D eigenvalue weighted by molar-refractivity contribution is 6.30. The van der Waals surface area contributed by atoms with E-state index in [0.717, 1.165) is 0 Å². The van der Waals surface area contributed by atoms with Crippen LogP contribution in [0.3, 0.4) is 0 Å². The number of rotatable bonds is 6. The van der Waals surface area contributed by atoms with Gasteiger partial charge in [-0.2, -0.15) is 5.10 Å². The summed E-state index contributed by atoms with van der Waals surface area (Å²) in [5.74, 6) is -1.23. The van der Waals surface area contributed by atoms with Crippen LogP contribution in [0.5, 0.6) is 0 Å². The number of amides is 2. The van der Waals surface area contributed by atoms with E-state index in [4.69, 9.17) is 11.6 Å². The quantitative estimate of drug-likeness (QED) is 0.609. The highest BCUT2D eigenvalue weighted by atomic mass is 35.5. The molecule has 7 nitrogen and oxygen atoms in total. The number of halogens is 1. The van der Waals surface area contributed by atoms with Crippen molar-refractivity contribution in [1.29, 1.82) is 0 Å². The molecular formula is C21H19ClN4O3. The molecule has 0 saturated carbocycles. The van der Waals surface area contributed by atoms with Gasteiger partial charge in [0.15, 0.2) is 11.5 Å². The van der Waals surface area contributed by atoms with Gasteiger partial charge in [-0.3, -0.25) is 19.1 Å². The van der Waals surface area contributed by atoms with Gasteiger partial charge in [0, 0.05) is 35.9 Å². The molecule has 8 heteroatoms. The minimum Gasteiger partial charge on any atom is -0.354 e. The fourth-order valence-corrected chi connectivity index (χ4v) is 2.91. The number of nitrogens with one attached hydrogen (secondary N) is 2. The Morgan fingerprint density at radius 1 is 1.00 bits per heavy atom. The molecule has 2 amide bonds. The number of nitrogens with zero attached hydrogens (tertiary/aromatic N) is 2. The first-order chi connectivity index (χ1) is 13.9. The number of hydrogen-bond donors (Lipinski definition) is 2. The van der Waals surface area contributed by atoms with Gasteiger partial charge >= 0.3 is 0 Å². The first kappa shape index (κ1) is 20.3. The van der Waals surface area contributed by atoms with Crippen molar-refractivity contribution in [3.63, 3.8) is 0 Å². The Morgan fingerprint density at radius 3 is 2.28 bits per heavy atom. The maximum atomic E-state index is 12.9. The molecule has 0 aliphatic heterocycles. The van der Waals surface area contributed by atoms with Crippen LogP contribution in [-0.4, -0.2) is 34.4 Å². The molecule has 148 valence electrons. The normalized spacial score (nSPS) is 10.4. The van der Waals surface area contributed by atoms with Gasteiger partial charge in [0.05, 0.1) is 11.3 Å². The molecule has 2 N–H and O–H groups in total. The van der Waals surface area contributed by atoms with Gasteiger partial charge in [-0.05, 0) is 37.3 Å². The first-order valence-corrected chi connectivity index (χ1v) is 9.32. The molecule has 1 heterocycles. The SMILES string of the molecule is CCn1cc(NC(=O)c2ccccc2C(=O)c2ccc(Cl)cc2)c(C(=O)NC)n1. The van der Waals surface area contributed by atoms with Crippen molar-refractivity contribution in [1.82, 2.24) is 15.1 Å². The van der Waals surface area contributed by atoms with Crippen LogP contribution >= 0.6 is 11.6 Å². The molecule has 0 spiro atoms. The standard InChI is InChI=1S/C21H19ClN4O3/c1-3-26-12-17(18(25-26)21(29)23-2)24-20(28)16-7-5-4-6-15(16)19(27)13-8-10-14(22)11-9-13/h4-12H,3H2,1-2H3,(H,23,29)(H,24,28). The molecule has 3 rings (SSSR count). The molecule has 0 aliphatic carbocycles. The lowest BCUT2D eigenvalue weighted by atomic mass is 9.98. The topological polar surface area (TPSA) is 93.1 Å². The van der Waals surface area contributed by atoms with Crippen LogP contribution in [0, 0.1) is 0 Å². The van der Waals surface area contributed by atoms with Crippen molar-refractivity contribution < 1.29 is 14.4 Å². The molecule has 0 saturated heterocycles. The van der Waals surface area contributed by atoms with Gasteiger partial charge in [0.2, 0.25) is 0 Å². The Morgan fingerprint density at radius 2 is 1.66 bits per heavy atom. The van der Waals surface area contributed by atoms with Crippen LogP contribution in [0.1, 0.15) is 43.7 Å². The van der Waals surface area contributed by atoms with Gasteiger partial charge in [-0.1, -0.05) is 29.8 Å². The molecule has 0 bridgehead atoms. The Bertz CT molecular complexity index is 1070. The van der Waals surface area contributed by atoms with E-state index < -0.39 is 11.8 Å². The summed E-state index contributed by atoms with van der Waals surface area (Å²) in [6, 6.07) is 12.9. The second-order valence-corrected chi connectivity index (χ2v) is 6.60. The Hall–Kier alpha value is -3.45. The second-order valence-electron chi connectivity index (χ2n) is 6.16. The molecule has 3 aromatic rings. The zero-order valence-electron chi connectivity index (χ0n) is 15.9. The predicted molar refractivity (Wildman–Crippen MR) is 111 cm³/mol. The molecule has 1 aromatic heterocycles. The molecule has 0 unspecified atom stereocenters. The molecular weight excluding hydrogens is 392 g/mol. The van der Waals surface area contributed by atoms with Gasteiger partial charge < -0.3 is 10.6 Å². The summed E-state index contributed by atoms with van der Waals surface area (Å²) in [5.41, 5.74) is 1.23. The number of aromatic nitrogens is 2. The summed E-state index contributed by atoms with van der Waals surface area (Å²) in [4.78, 5) is 37.9. The fourth-order valence-electron chi connectivity index (χ4n) is 2.79. The van der Waals surface area contributed by atoms with E-state index in [1.165, 1.54) is 7.05 Å². The highest BCUT2D eigenvalue weighted by Crippen LogP contribution is 2.20. The van der Waals surface area contributed by atoms with Crippen molar-refractivity contribution >= 4 is 34.9 Å². The van der Waals surface area contributed by atoms with E-state index >= 15 is 0 Å². The van der Waals surface area contributed by atoms with Crippen LogP contribution in [-0.2, 0) is 6.54 Å². The van der Waals surface area contributed by atoms with Crippen molar-refractivity contribution in [2.45, 2.75) is 13.5 Å². The summed E-state index contributed by atoms with van der Waals surface area (Å²) in [6.07, 6.45) is 1.58. The zero-order chi connectivity index (χ0) is 21.0. The molecule has 0 fully saturated rings. The maximum absolute atomic E-state index is 12.9. The van der Waals surface area contributed by atoms with Crippen LogP contribution in [0.15, 0.2) is 54.7 Å². The molecule has 0 atom stereocenters. The third-order valence-electron chi connectivity index (χ3n) is 4.30. The molecule has 0 aliphatic rings. The number of carbonyl (C=O) groups excluding carboxylic acids is 3. The van der Waals surface area contributed by atoms with Crippen molar-refractivity contribution in [2.24, 2.45) is 0 Å². The summed E-state index contributed by atoms with van der Waals surface area (Å²) >= 11 is 5.88. The van der Waals surface area contributed by atoms with E-state index in [0.29, 0.717) is 17.1 Å². The largest absolute Gasteiger partial charge is 0.354 e. The summed E-state index contributed by atoms with van der Waals surface area (Å²) < 4.78 is 1.55. The average molecular weight is 411 g/mol. The van der Waals surface area contributed by atoms with Crippen LogP contribution in [0.25, 0.3) is 0 Å². The molecule has 29 heavy (non-hydrogen) atoms. The fraction of sp³-hybridized carbons (Fsp3) is 0.143. The average Bonchev–Trinajstić information content (AvgIpc) is 3.16. The van der Waals surface area contributed by atoms with Crippen LogP contribution in [0.4, 0.5) is 5.69 Å². The smallest absolute Gasteiger partial charge is 0.273 e. The van der Waals surface area contributed by atoms with Gasteiger partial charge in [0.25, 0.3) is 11.8 Å². The highest BCUT2D eigenvalue weighted by Gasteiger charge is 2.22. The van der Waals surface area contributed by atoms with Gasteiger partial charge in [0.1, 0.15) is 0 Å². The first-order valence-electron chi connectivity index (χ1n) is 8.94. The summed E-state index contributed by atoms with van der Waals surface area (Å²) in [7, 11) is 1.49. The minimum absolute atomic E-state index is 0.101. The Balaban J connectivity index is 1.93. The molecule has 0 radical (unpaired) electrons. The lowest BCUT2D eigenvalue weighted by Gasteiger charge is -2.09. The number of anilines is 1. The number of benzene rings is 2. The Kier molecular flexibility index (Phi) is 6.09. The monoisotopic (exact) mass is 410 g/mol. The maximum Gasteiger partial charge on any atom is 0.273 e. The molecule has 2 aromatic carbocycles. The van der Waals surface area contributed by atoms with Crippen LogP contribution in [0.2, 0.25) is 5.02 Å². The zero-order valence-corrected chi connectivity index (χ0v) is 16.7. The Labute approximate surface area is 172 Å². The van der Waals surface area contributed by atoms with Gasteiger partial charge in [-0.15, -0.1) is 0 Å². The minimum atomic E-state index is -0.510. The third kappa shape index (κ3) is 4.35. The van der Waals surface area contributed by atoms with Crippen molar-refractivity contribution in [3.8, 4) is 0 Å². The van der Waals surface area contributed by atoms with Gasteiger partial charge in [-0.25, -0.2) is 0 Å². The van der Waals surface area contributed by atoms with Crippen LogP contribution < -0.4 is 10.6 Å². The summed E-state index contributed by atoms with van der Waals surface area (Å²) in [6.45, 7) is 2.40. The van der Waals surface area contributed by atoms with E-state index in [1.807, 2.05) is 6.92 Å². The van der Waals surface area contributed by atoms with E-state index in [-0.39, 0.29) is 28.3 Å². The second kappa shape index (κ2) is 8.70. The number of ketones is 1. The lowest BCUT2D eigenvalue weighted by molar-refractivity contribution is 0.0957. The van der Waals surface area contributed by atoms with E-state index in [1.54, 1.807) is 59.4 Å². The predicted octanol–water partition coefficient (Wildman–Crippen LogP) is 3.40. The number of aryl methyl sites for hydroxylation is 1. The van der Waals surface area contributed by atoms with Crippen molar-refractivity contribution in [2.75, 3.05) is 12.4 Å². The number of hydrogen-bond acceptors (Lipinski definition) is 4. The van der Waals surface area contributed by atoms with E-state index in [2.05, 4.69) is 15.7 Å². The number of carbonyl (C=O) groups is 3. The lowest BCUT2D eigenvalue weighted by Crippen LogP contribution is -2.22.